The predicted molar refractivity (Wildman–Crippen MR) is 77.4 cm³/mol. The molecule has 1 fully saturated rings. The Kier molecular flexibility index (Phi) is 4.51. The van der Waals surface area contributed by atoms with Crippen LogP contribution in [0.15, 0.2) is 16.3 Å². The Hall–Kier alpha value is -0.920. The first-order chi connectivity index (χ1) is 9.31. The van der Waals surface area contributed by atoms with Crippen LogP contribution in [0, 0.1) is 5.41 Å². The zero-order valence-electron chi connectivity index (χ0n) is 11.4. The summed E-state index contributed by atoms with van der Waals surface area (Å²) in [6.45, 7) is 2.55. The lowest BCUT2D eigenvalue weighted by Crippen LogP contribution is -2.33. The highest BCUT2D eigenvalue weighted by atomic mass is 32.2. The molecular weight excluding hydrogens is 298 g/mol. The molecule has 1 aliphatic rings. The summed E-state index contributed by atoms with van der Waals surface area (Å²) in [5.74, 6) is -0.956. The van der Waals surface area contributed by atoms with Gasteiger partial charge in [0, 0.05) is 11.4 Å². The first-order valence-corrected chi connectivity index (χ1v) is 8.91. The highest BCUT2D eigenvalue weighted by Crippen LogP contribution is 2.37. The van der Waals surface area contributed by atoms with Gasteiger partial charge in [-0.15, -0.1) is 11.3 Å². The summed E-state index contributed by atoms with van der Waals surface area (Å²) in [5, 5.41) is 8.70. The summed E-state index contributed by atoms with van der Waals surface area (Å²) in [4.78, 5) is 11.2. The number of hydrogen-bond donors (Lipinski definition) is 2. The molecule has 1 aliphatic carbocycles. The lowest BCUT2D eigenvalue weighted by molar-refractivity contribution is -0.136. The molecule has 0 unspecified atom stereocenters. The Balaban J connectivity index is 2.02. The van der Waals surface area contributed by atoms with E-state index in [0.29, 0.717) is 11.4 Å². The van der Waals surface area contributed by atoms with Gasteiger partial charge in [0.25, 0.3) is 0 Å². The van der Waals surface area contributed by atoms with E-state index in [1.165, 1.54) is 6.07 Å². The molecule has 112 valence electrons. The van der Waals surface area contributed by atoms with E-state index in [-0.39, 0.29) is 16.0 Å². The molecule has 0 bridgehead atoms. The molecule has 0 amide bonds. The summed E-state index contributed by atoms with van der Waals surface area (Å²) in [5.41, 5.74) is 0.0498. The minimum Gasteiger partial charge on any atom is -0.481 e. The number of thiophene rings is 1. The molecule has 0 radical (unpaired) electrons. The summed E-state index contributed by atoms with van der Waals surface area (Å²) >= 11 is 1.02. The fourth-order valence-electron chi connectivity index (χ4n) is 2.49. The zero-order chi connectivity index (χ0) is 14.8. The van der Waals surface area contributed by atoms with E-state index >= 15 is 0 Å². The van der Waals surface area contributed by atoms with E-state index in [1.54, 1.807) is 6.07 Å². The lowest BCUT2D eigenvalue weighted by atomic mass is 9.89. The van der Waals surface area contributed by atoms with Crippen LogP contribution in [-0.2, 0) is 21.2 Å². The minimum atomic E-state index is -3.53. The van der Waals surface area contributed by atoms with E-state index in [1.807, 2.05) is 0 Å². The maximum absolute atomic E-state index is 12.2. The fourth-order valence-corrected chi connectivity index (χ4v) is 5.08. The normalized spacial score (nSPS) is 18.2. The van der Waals surface area contributed by atoms with E-state index in [0.717, 1.165) is 37.0 Å². The molecule has 1 saturated carbocycles. The van der Waals surface area contributed by atoms with Crippen LogP contribution >= 0.6 is 11.3 Å². The second kappa shape index (κ2) is 5.83. The van der Waals surface area contributed by atoms with Crippen LogP contribution in [0.25, 0.3) is 0 Å². The van der Waals surface area contributed by atoms with Crippen molar-refractivity contribution in [2.75, 3.05) is 6.54 Å². The van der Waals surface area contributed by atoms with Gasteiger partial charge in [0.15, 0.2) is 0 Å². The number of carboxylic acids is 1. The largest absolute Gasteiger partial charge is 0.481 e. The van der Waals surface area contributed by atoms with Crippen molar-refractivity contribution in [3.63, 3.8) is 0 Å². The second-order valence-corrected chi connectivity index (χ2v) is 8.80. The molecule has 0 saturated heterocycles. The topological polar surface area (TPSA) is 83.5 Å². The molecule has 0 aromatic carbocycles. The number of carbonyl (C=O) groups is 1. The van der Waals surface area contributed by atoms with Crippen molar-refractivity contribution in [3.05, 3.63) is 17.0 Å². The van der Waals surface area contributed by atoms with Crippen LogP contribution in [0.1, 0.15) is 37.5 Å². The van der Waals surface area contributed by atoms with Gasteiger partial charge >= 0.3 is 5.97 Å². The van der Waals surface area contributed by atoms with Crippen molar-refractivity contribution < 1.29 is 18.3 Å². The van der Waals surface area contributed by atoms with E-state index < -0.39 is 16.0 Å². The van der Waals surface area contributed by atoms with Crippen LogP contribution in [0.3, 0.4) is 0 Å². The molecule has 20 heavy (non-hydrogen) atoms. The van der Waals surface area contributed by atoms with Crippen molar-refractivity contribution in [3.8, 4) is 0 Å². The van der Waals surface area contributed by atoms with Crippen LogP contribution < -0.4 is 4.72 Å². The zero-order valence-corrected chi connectivity index (χ0v) is 13.0. The predicted octanol–water partition coefficient (Wildman–Crippen LogP) is 2.23. The van der Waals surface area contributed by atoms with E-state index in [9.17, 15) is 13.2 Å². The number of carboxylic acid groups (broad SMARTS) is 1. The molecule has 2 rings (SSSR count). The van der Waals surface area contributed by atoms with Crippen molar-refractivity contribution in [1.82, 2.24) is 4.72 Å². The first-order valence-electron chi connectivity index (χ1n) is 6.61. The van der Waals surface area contributed by atoms with Crippen molar-refractivity contribution in [2.45, 2.75) is 43.2 Å². The molecule has 1 aromatic heterocycles. The lowest BCUT2D eigenvalue weighted by Gasteiger charge is -2.23. The Morgan fingerprint density at radius 1 is 1.40 bits per heavy atom. The number of nitrogens with one attached hydrogen (secondary N) is 1. The Labute approximate surface area is 123 Å². The third-order valence-corrected chi connectivity index (χ3v) is 6.71. The molecule has 7 heteroatoms. The molecule has 5 nitrogen and oxygen atoms in total. The van der Waals surface area contributed by atoms with Gasteiger partial charge in [-0.25, -0.2) is 13.1 Å². The van der Waals surface area contributed by atoms with Gasteiger partial charge in [0.05, 0.1) is 6.42 Å². The average Bonchev–Trinajstić information content (AvgIpc) is 2.97. The van der Waals surface area contributed by atoms with Gasteiger partial charge in [0.1, 0.15) is 4.21 Å². The molecule has 1 aromatic rings. The third-order valence-electron chi connectivity index (χ3n) is 3.73. The molecule has 0 aliphatic heterocycles. The van der Waals surface area contributed by atoms with Crippen molar-refractivity contribution in [2.24, 2.45) is 5.41 Å². The van der Waals surface area contributed by atoms with Gasteiger partial charge in [-0.05, 0) is 30.4 Å². The van der Waals surface area contributed by atoms with Crippen LogP contribution in [0.2, 0.25) is 0 Å². The highest BCUT2D eigenvalue weighted by Gasteiger charge is 2.30. The van der Waals surface area contributed by atoms with Crippen LogP contribution in [0.5, 0.6) is 0 Å². The smallest absolute Gasteiger partial charge is 0.308 e. The molecular formula is C13H19NO4S2. The van der Waals surface area contributed by atoms with Crippen molar-refractivity contribution in [1.29, 1.82) is 0 Å². The maximum Gasteiger partial charge on any atom is 0.308 e. The van der Waals surface area contributed by atoms with Gasteiger partial charge in [0.2, 0.25) is 10.0 Å². The molecule has 0 spiro atoms. The SMILES string of the molecule is CC1(CNS(=O)(=O)c2ccc(CC(=O)O)s2)CCCC1. The fraction of sp³-hybridized carbons (Fsp3) is 0.615. The summed E-state index contributed by atoms with van der Waals surface area (Å²) in [7, 11) is -3.53. The Morgan fingerprint density at radius 2 is 2.05 bits per heavy atom. The van der Waals surface area contributed by atoms with E-state index in [2.05, 4.69) is 11.6 Å². The number of hydrogen-bond acceptors (Lipinski definition) is 4. The Morgan fingerprint density at radius 3 is 2.65 bits per heavy atom. The number of aliphatic carboxylic acids is 1. The van der Waals surface area contributed by atoms with Gasteiger partial charge in [-0.3, -0.25) is 4.79 Å². The number of rotatable bonds is 6. The molecule has 2 N–H and O–H groups in total. The second-order valence-electron chi connectivity index (χ2n) is 5.63. The third kappa shape index (κ3) is 3.80. The average molecular weight is 317 g/mol. The quantitative estimate of drug-likeness (QED) is 0.843. The van der Waals surface area contributed by atoms with Gasteiger partial charge in [-0.2, -0.15) is 0 Å². The van der Waals surface area contributed by atoms with Gasteiger partial charge < -0.3 is 5.11 Å². The van der Waals surface area contributed by atoms with E-state index in [4.69, 9.17) is 5.11 Å². The highest BCUT2D eigenvalue weighted by molar-refractivity contribution is 7.91. The van der Waals surface area contributed by atoms with Gasteiger partial charge in [-0.1, -0.05) is 19.8 Å². The first kappa shape index (κ1) is 15.5. The Bertz CT molecular complexity index is 585. The van der Waals surface area contributed by atoms with Crippen LogP contribution in [-0.4, -0.2) is 26.0 Å². The van der Waals surface area contributed by atoms with Crippen LogP contribution in [0.4, 0.5) is 0 Å². The summed E-state index contributed by atoms with van der Waals surface area (Å²) < 4.78 is 27.2. The number of sulfonamides is 1. The standard InChI is InChI=1S/C13H19NO4S2/c1-13(6-2-3-7-13)9-14-20(17,18)12-5-4-10(19-12)8-11(15)16/h4-5,14H,2-3,6-9H2,1H3,(H,15,16). The minimum absolute atomic E-state index is 0.0498. The maximum atomic E-state index is 12.2. The molecule has 0 atom stereocenters. The van der Waals surface area contributed by atoms with Crippen molar-refractivity contribution >= 4 is 27.3 Å². The molecule has 1 heterocycles. The monoisotopic (exact) mass is 317 g/mol. The summed E-state index contributed by atoms with van der Waals surface area (Å²) in [6, 6.07) is 3.03. The summed E-state index contributed by atoms with van der Waals surface area (Å²) in [6.07, 6.45) is 4.26.